The van der Waals surface area contributed by atoms with Crippen molar-refractivity contribution in [2.75, 3.05) is 0 Å². The van der Waals surface area contributed by atoms with Gasteiger partial charge in [0.05, 0.1) is 0 Å². The molecular formula is C25H23N3O3S. The van der Waals surface area contributed by atoms with E-state index in [-0.39, 0.29) is 4.91 Å². The van der Waals surface area contributed by atoms with Gasteiger partial charge in [-0.2, -0.15) is 0 Å². The number of fused-ring (bicyclic) bond motifs is 1. The number of aryl methyl sites for hydroxylation is 1. The fourth-order valence-corrected chi connectivity index (χ4v) is 4.03. The molecule has 3 aromatic carbocycles. The van der Waals surface area contributed by atoms with E-state index in [4.69, 9.17) is 4.74 Å². The molecule has 0 amide bonds. The number of rotatable bonds is 9. The molecule has 0 aliphatic carbocycles. The van der Waals surface area contributed by atoms with E-state index in [9.17, 15) is 9.90 Å². The number of hydrogen-bond donors (Lipinski definition) is 2. The quantitative estimate of drug-likeness (QED) is 0.254. The highest BCUT2D eigenvalue weighted by atomic mass is 32.2. The maximum absolute atomic E-state index is 12.1. The van der Waals surface area contributed by atoms with Gasteiger partial charge >= 0.3 is 5.97 Å². The van der Waals surface area contributed by atoms with E-state index in [1.165, 1.54) is 0 Å². The number of carbonyl (C=O) groups is 1. The minimum absolute atomic E-state index is 0.118. The summed E-state index contributed by atoms with van der Waals surface area (Å²) in [5, 5.41) is 19.2. The Kier molecular flexibility index (Phi) is 6.87. The van der Waals surface area contributed by atoms with Crippen LogP contribution in [-0.4, -0.2) is 26.3 Å². The second-order valence-corrected chi connectivity index (χ2v) is 8.21. The highest BCUT2D eigenvalue weighted by Gasteiger charge is 2.16. The van der Waals surface area contributed by atoms with Crippen LogP contribution in [0.3, 0.4) is 0 Å². The van der Waals surface area contributed by atoms with E-state index in [1.54, 1.807) is 6.08 Å². The van der Waals surface area contributed by atoms with Crippen molar-refractivity contribution in [3.8, 4) is 5.75 Å². The van der Waals surface area contributed by atoms with Crippen molar-refractivity contribution in [1.82, 2.24) is 15.2 Å². The molecule has 1 aromatic heterocycles. The molecule has 162 valence electrons. The fraction of sp³-hybridized carbons (Fsp3) is 0.160. The van der Waals surface area contributed by atoms with Crippen LogP contribution < -0.4 is 4.74 Å². The Morgan fingerprint density at radius 2 is 1.88 bits per heavy atom. The summed E-state index contributed by atoms with van der Waals surface area (Å²) in [6.07, 6.45) is 3.34. The first kappa shape index (κ1) is 21.6. The van der Waals surface area contributed by atoms with Gasteiger partial charge in [0.1, 0.15) is 23.1 Å². The zero-order chi connectivity index (χ0) is 22.3. The van der Waals surface area contributed by atoms with Crippen molar-refractivity contribution in [2.24, 2.45) is 0 Å². The molecule has 1 heterocycles. The Bertz CT molecular complexity index is 1250. The van der Waals surface area contributed by atoms with Gasteiger partial charge in [-0.3, -0.25) is 5.10 Å². The van der Waals surface area contributed by atoms with E-state index < -0.39 is 5.97 Å². The molecule has 2 N–H and O–H groups in total. The summed E-state index contributed by atoms with van der Waals surface area (Å²) >= 11 is 1.02. The molecule has 4 rings (SSSR count). The van der Waals surface area contributed by atoms with Gasteiger partial charge in [-0.15, -0.1) is 5.10 Å². The minimum atomic E-state index is -1.04. The minimum Gasteiger partial charge on any atom is -0.488 e. The molecule has 0 radical (unpaired) electrons. The Morgan fingerprint density at radius 3 is 2.66 bits per heavy atom. The third-order valence-electron chi connectivity index (χ3n) is 4.85. The summed E-state index contributed by atoms with van der Waals surface area (Å²) in [4.78, 5) is 16.6. The van der Waals surface area contributed by atoms with Crippen molar-refractivity contribution in [1.29, 1.82) is 0 Å². The topological polar surface area (TPSA) is 88.1 Å². The summed E-state index contributed by atoms with van der Waals surface area (Å²) in [5.74, 6) is 0.323. The lowest BCUT2D eigenvalue weighted by atomic mass is 10.0. The van der Waals surface area contributed by atoms with Crippen LogP contribution in [0.2, 0.25) is 0 Å². The lowest BCUT2D eigenvalue weighted by molar-refractivity contribution is -0.131. The molecule has 0 spiro atoms. The van der Waals surface area contributed by atoms with Gasteiger partial charge < -0.3 is 9.84 Å². The molecule has 0 unspecified atom stereocenters. The van der Waals surface area contributed by atoms with Crippen LogP contribution in [0.4, 0.5) is 0 Å². The third-order valence-corrected chi connectivity index (χ3v) is 5.73. The van der Waals surface area contributed by atoms with Crippen LogP contribution in [0.25, 0.3) is 16.8 Å². The van der Waals surface area contributed by atoms with Crippen LogP contribution in [0, 0.1) is 0 Å². The van der Waals surface area contributed by atoms with Gasteiger partial charge in [-0.25, -0.2) is 9.78 Å². The Balaban J connectivity index is 1.71. The third kappa shape index (κ3) is 5.18. The molecule has 0 atom stereocenters. The number of carboxylic acid groups (broad SMARTS) is 1. The number of H-pyrrole nitrogens is 1. The molecule has 4 aromatic rings. The first-order chi connectivity index (χ1) is 15.6. The van der Waals surface area contributed by atoms with Gasteiger partial charge in [0.15, 0.2) is 0 Å². The molecule has 32 heavy (non-hydrogen) atoms. The maximum Gasteiger partial charge on any atom is 0.342 e. The molecule has 0 aliphatic heterocycles. The summed E-state index contributed by atoms with van der Waals surface area (Å²) < 4.78 is 6.11. The van der Waals surface area contributed by atoms with Gasteiger partial charge in [0, 0.05) is 12.0 Å². The van der Waals surface area contributed by atoms with Crippen molar-refractivity contribution in [2.45, 2.75) is 31.5 Å². The predicted octanol–water partition coefficient (Wildman–Crippen LogP) is 5.71. The molecular weight excluding hydrogens is 422 g/mol. The van der Waals surface area contributed by atoms with E-state index in [0.717, 1.165) is 46.8 Å². The number of aromatic nitrogens is 3. The van der Waals surface area contributed by atoms with E-state index in [1.807, 2.05) is 66.7 Å². The summed E-state index contributed by atoms with van der Waals surface area (Å²) in [6, 6.07) is 21.6. The number of nitrogens with zero attached hydrogens (tertiary/aromatic N) is 2. The highest BCUT2D eigenvalue weighted by molar-refractivity contribution is 8.04. The number of nitrogens with one attached hydrogen (secondary N) is 1. The second-order valence-electron chi connectivity index (χ2n) is 7.20. The summed E-state index contributed by atoms with van der Waals surface area (Å²) in [6.45, 7) is 2.44. The number of ether oxygens (including phenoxy) is 1. The van der Waals surface area contributed by atoms with Gasteiger partial charge in [-0.05, 0) is 46.7 Å². The van der Waals surface area contributed by atoms with Gasteiger partial charge in [-0.1, -0.05) is 67.6 Å². The van der Waals surface area contributed by atoms with Crippen molar-refractivity contribution in [3.63, 3.8) is 0 Å². The molecule has 0 fully saturated rings. The van der Waals surface area contributed by atoms with Crippen molar-refractivity contribution >= 4 is 34.6 Å². The number of thioether (sulfide) groups is 1. The van der Waals surface area contributed by atoms with Crippen LogP contribution in [-0.2, 0) is 17.8 Å². The van der Waals surface area contributed by atoms with E-state index in [0.29, 0.717) is 23.1 Å². The van der Waals surface area contributed by atoms with E-state index >= 15 is 0 Å². The zero-order valence-corrected chi connectivity index (χ0v) is 18.4. The standard InChI is InChI=1S/C25H23N3O3S/c1-2-8-23-26-25(28-27-23)32-22(24(29)30)15-20-19-12-7-6-11-18(19)13-14-21(20)31-16-17-9-4-3-5-10-17/h3-7,9-15H,2,8,16H2,1H3,(H,29,30)(H,26,27,28)/b22-15-. The Hall–Kier alpha value is -3.58. The molecule has 6 nitrogen and oxygen atoms in total. The van der Waals surface area contributed by atoms with E-state index in [2.05, 4.69) is 22.1 Å². The average molecular weight is 446 g/mol. The largest absolute Gasteiger partial charge is 0.488 e. The second kappa shape index (κ2) is 10.2. The zero-order valence-electron chi connectivity index (χ0n) is 17.6. The Morgan fingerprint density at radius 1 is 1.09 bits per heavy atom. The number of benzene rings is 3. The number of aromatic amines is 1. The van der Waals surface area contributed by atoms with Crippen molar-refractivity contribution in [3.05, 3.63) is 88.6 Å². The molecule has 0 saturated heterocycles. The number of carboxylic acids is 1. The monoisotopic (exact) mass is 445 g/mol. The first-order valence-electron chi connectivity index (χ1n) is 10.4. The normalized spacial score (nSPS) is 11.6. The highest BCUT2D eigenvalue weighted by Crippen LogP contribution is 2.34. The molecule has 0 aliphatic rings. The molecule has 0 saturated carbocycles. The Labute approximate surface area is 190 Å². The summed E-state index contributed by atoms with van der Waals surface area (Å²) in [5.41, 5.74) is 1.75. The van der Waals surface area contributed by atoms with Gasteiger partial charge in [0.2, 0.25) is 5.16 Å². The fourth-order valence-electron chi connectivity index (χ4n) is 3.32. The van der Waals surface area contributed by atoms with Crippen LogP contribution in [0.1, 0.15) is 30.3 Å². The van der Waals surface area contributed by atoms with Crippen LogP contribution in [0.5, 0.6) is 5.75 Å². The summed E-state index contributed by atoms with van der Waals surface area (Å²) in [7, 11) is 0. The van der Waals surface area contributed by atoms with Gasteiger partial charge in [0.25, 0.3) is 0 Å². The predicted molar refractivity (Wildman–Crippen MR) is 127 cm³/mol. The van der Waals surface area contributed by atoms with Crippen LogP contribution in [0.15, 0.2) is 76.8 Å². The number of hydrogen-bond acceptors (Lipinski definition) is 5. The molecule has 0 bridgehead atoms. The lowest BCUT2D eigenvalue weighted by Crippen LogP contribution is -2.00. The SMILES string of the molecule is CCCc1nc(S/C(=C\c2c(OCc3ccccc3)ccc3ccccc23)C(=O)O)n[nH]1. The first-order valence-corrected chi connectivity index (χ1v) is 11.2. The van der Waals surface area contributed by atoms with Crippen molar-refractivity contribution < 1.29 is 14.6 Å². The molecule has 7 heteroatoms. The average Bonchev–Trinajstić information content (AvgIpc) is 3.25. The number of aliphatic carboxylic acids is 1. The lowest BCUT2D eigenvalue weighted by Gasteiger charge is -2.13. The smallest absolute Gasteiger partial charge is 0.342 e. The van der Waals surface area contributed by atoms with Crippen LogP contribution >= 0.6 is 11.8 Å². The maximum atomic E-state index is 12.1.